The highest BCUT2D eigenvalue weighted by atomic mass is 32.1. The predicted octanol–water partition coefficient (Wildman–Crippen LogP) is 5.35. The van der Waals surface area contributed by atoms with Crippen LogP contribution in [0, 0.1) is 6.92 Å². The third-order valence-electron chi connectivity index (χ3n) is 2.91. The molecular weight excluding hydrogens is 344 g/mol. The molecule has 0 saturated heterocycles. The van der Waals surface area contributed by atoms with Gasteiger partial charge in [-0.1, -0.05) is 0 Å². The number of nitrogens with one attached hydrogen (secondary N) is 1. The summed E-state index contributed by atoms with van der Waals surface area (Å²) >= 11 is 1.04. The van der Waals surface area contributed by atoms with Gasteiger partial charge in [0.2, 0.25) is 0 Å². The summed E-state index contributed by atoms with van der Waals surface area (Å²) in [6.07, 6.45) is -9.92. The summed E-state index contributed by atoms with van der Waals surface area (Å²) in [7, 11) is 0. The quantitative estimate of drug-likeness (QED) is 0.725. The Labute approximate surface area is 130 Å². The standard InChI is InChI=1S/C14H9F6NOS/c1-7-2-3-23-11(7)12(22)21-10-5-8(13(15,16)17)4-9(6-10)14(18,19)20/h2-6H,1H3,(H,21,22). The lowest BCUT2D eigenvalue weighted by Gasteiger charge is -2.14. The molecule has 0 fully saturated rings. The lowest BCUT2D eigenvalue weighted by molar-refractivity contribution is -0.143. The Bertz CT molecular complexity index is 699. The highest BCUT2D eigenvalue weighted by Gasteiger charge is 2.37. The van der Waals surface area contributed by atoms with Gasteiger partial charge < -0.3 is 5.32 Å². The van der Waals surface area contributed by atoms with Crippen molar-refractivity contribution in [2.45, 2.75) is 19.3 Å². The molecule has 9 heteroatoms. The molecule has 0 spiro atoms. The number of carbonyl (C=O) groups is 1. The molecule has 0 aliphatic heterocycles. The number of carbonyl (C=O) groups excluding carboxylic acids is 1. The van der Waals surface area contributed by atoms with Crippen molar-refractivity contribution in [2.75, 3.05) is 5.32 Å². The third-order valence-corrected chi connectivity index (χ3v) is 3.93. The van der Waals surface area contributed by atoms with E-state index >= 15 is 0 Å². The molecular formula is C14H9F6NOS. The summed E-state index contributed by atoms with van der Waals surface area (Å²) in [6, 6.07) is 2.56. The predicted molar refractivity (Wildman–Crippen MR) is 73.5 cm³/mol. The van der Waals surface area contributed by atoms with Crippen LogP contribution in [0.4, 0.5) is 32.0 Å². The molecule has 0 bridgehead atoms. The molecule has 2 aromatic rings. The van der Waals surface area contributed by atoms with Gasteiger partial charge in [-0.3, -0.25) is 4.79 Å². The molecule has 1 N–H and O–H groups in total. The van der Waals surface area contributed by atoms with E-state index in [1.54, 1.807) is 18.4 Å². The Kier molecular flexibility index (Phi) is 4.43. The molecule has 124 valence electrons. The number of aryl methyl sites for hydroxylation is 1. The van der Waals surface area contributed by atoms with E-state index in [-0.39, 0.29) is 10.9 Å². The van der Waals surface area contributed by atoms with Crippen molar-refractivity contribution in [1.82, 2.24) is 0 Å². The zero-order valence-corrected chi connectivity index (χ0v) is 12.3. The van der Waals surface area contributed by atoms with Crippen LogP contribution >= 0.6 is 11.3 Å². The van der Waals surface area contributed by atoms with Crippen LogP contribution in [0.15, 0.2) is 29.6 Å². The number of hydrogen-bond acceptors (Lipinski definition) is 2. The van der Waals surface area contributed by atoms with Gasteiger partial charge in [0, 0.05) is 5.69 Å². The van der Waals surface area contributed by atoms with E-state index in [1.165, 1.54) is 0 Å². The van der Waals surface area contributed by atoms with Crippen LogP contribution in [0.3, 0.4) is 0 Å². The van der Waals surface area contributed by atoms with Crippen molar-refractivity contribution in [3.63, 3.8) is 0 Å². The number of alkyl halides is 6. The Morgan fingerprint density at radius 3 is 1.91 bits per heavy atom. The molecule has 0 saturated carbocycles. The van der Waals surface area contributed by atoms with Crippen LogP contribution in [0.5, 0.6) is 0 Å². The average molecular weight is 353 g/mol. The highest BCUT2D eigenvalue weighted by molar-refractivity contribution is 7.12. The fraction of sp³-hybridized carbons (Fsp3) is 0.214. The number of benzene rings is 1. The number of halogens is 6. The lowest BCUT2D eigenvalue weighted by atomic mass is 10.1. The summed E-state index contributed by atoms with van der Waals surface area (Å²) in [4.78, 5) is 12.2. The number of hydrogen-bond donors (Lipinski definition) is 1. The maximum absolute atomic E-state index is 12.7. The van der Waals surface area contributed by atoms with E-state index in [0.29, 0.717) is 17.7 Å². The van der Waals surface area contributed by atoms with Gasteiger partial charge in [0.05, 0.1) is 16.0 Å². The van der Waals surface area contributed by atoms with Gasteiger partial charge in [-0.15, -0.1) is 11.3 Å². The summed E-state index contributed by atoms with van der Waals surface area (Å²) in [5.74, 6) is -0.759. The second-order valence-electron chi connectivity index (χ2n) is 4.68. The van der Waals surface area contributed by atoms with Crippen molar-refractivity contribution >= 4 is 22.9 Å². The van der Waals surface area contributed by atoms with Crippen molar-refractivity contribution in [3.05, 3.63) is 51.2 Å². The summed E-state index contributed by atoms with van der Waals surface area (Å²) < 4.78 is 76.4. The monoisotopic (exact) mass is 353 g/mol. The number of anilines is 1. The Balaban J connectivity index is 2.42. The molecule has 0 unspecified atom stereocenters. The van der Waals surface area contributed by atoms with Crippen LogP contribution in [0.2, 0.25) is 0 Å². The van der Waals surface area contributed by atoms with E-state index in [0.717, 1.165) is 11.3 Å². The topological polar surface area (TPSA) is 29.1 Å². The molecule has 0 atom stereocenters. The smallest absolute Gasteiger partial charge is 0.321 e. The van der Waals surface area contributed by atoms with E-state index in [2.05, 4.69) is 5.32 Å². The molecule has 1 aromatic carbocycles. The molecule has 23 heavy (non-hydrogen) atoms. The first-order valence-corrected chi connectivity index (χ1v) is 7.01. The normalized spacial score (nSPS) is 12.3. The third kappa shape index (κ3) is 4.04. The van der Waals surface area contributed by atoms with Crippen LogP contribution < -0.4 is 5.32 Å². The van der Waals surface area contributed by atoms with Crippen molar-refractivity contribution in [3.8, 4) is 0 Å². The largest absolute Gasteiger partial charge is 0.416 e. The summed E-state index contributed by atoms with van der Waals surface area (Å²) in [5.41, 5.74) is -2.95. The Morgan fingerprint density at radius 1 is 1.00 bits per heavy atom. The molecule has 2 nitrogen and oxygen atoms in total. The first-order valence-electron chi connectivity index (χ1n) is 6.13. The minimum atomic E-state index is -4.96. The SMILES string of the molecule is Cc1ccsc1C(=O)Nc1cc(C(F)(F)F)cc(C(F)(F)F)c1. The zero-order valence-electron chi connectivity index (χ0n) is 11.5. The van der Waals surface area contributed by atoms with E-state index in [4.69, 9.17) is 0 Å². The van der Waals surface area contributed by atoms with E-state index in [1.807, 2.05) is 0 Å². The Morgan fingerprint density at radius 2 is 1.52 bits per heavy atom. The van der Waals surface area contributed by atoms with Gasteiger partial charge in [-0.2, -0.15) is 26.3 Å². The second-order valence-corrected chi connectivity index (χ2v) is 5.60. The van der Waals surface area contributed by atoms with E-state index < -0.39 is 35.1 Å². The van der Waals surface area contributed by atoms with Crippen molar-refractivity contribution in [2.24, 2.45) is 0 Å². The second kappa shape index (κ2) is 5.88. The molecule has 2 rings (SSSR count). The number of rotatable bonds is 2. The first-order chi connectivity index (χ1) is 10.5. The molecule has 1 heterocycles. The van der Waals surface area contributed by atoms with Gasteiger partial charge in [0.25, 0.3) is 5.91 Å². The fourth-order valence-corrected chi connectivity index (χ4v) is 2.64. The molecule has 0 radical (unpaired) electrons. The van der Waals surface area contributed by atoms with Crippen LogP contribution in [0.1, 0.15) is 26.4 Å². The number of thiophene rings is 1. The van der Waals surface area contributed by atoms with Crippen LogP contribution in [-0.2, 0) is 12.4 Å². The first kappa shape index (κ1) is 17.3. The van der Waals surface area contributed by atoms with Gasteiger partial charge in [-0.25, -0.2) is 0 Å². The summed E-state index contributed by atoms with van der Waals surface area (Å²) in [5, 5.41) is 3.68. The highest BCUT2D eigenvalue weighted by Crippen LogP contribution is 2.37. The van der Waals surface area contributed by atoms with Gasteiger partial charge >= 0.3 is 12.4 Å². The number of amides is 1. The Hall–Kier alpha value is -2.03. The van der Waals surface area contributed by atoms with Gasteiger partial charge in [0.1, 0.15) is 0 Å². The minimum absolute atomic E-state index is 0.00600. The van der Waals surface area contributed by atoms with Crippen LogP contribution in [-0.4, -0.2) is 5.91 Å². The maximum atomic E-state index is 12.7. The molecule has 0 aliphatic rings. The molecule has 1 amide bonds. The fourth-order valence-electron chi connectivity index (χ4n) is 1.82. The molecule has 0 aliphatic carbocycles. The van der Waals surface area contributed by atoms with E-state index in [9.17, 15) is 31.1 Å². The van der Waals surface area contributed by atoms with Crippen molar-refractivity contribution < 1.29 is 31.1 Å². The lowest BCUT2D eigenvalue weighted by Crippen LogP contribution is -2.15. The van der Waals surface area contributed by atoms with Crippen LogP contribution in [0.25, 0.3) is 0 Å². The van der Waals surface area contributed by atoms with Gasteiger partial charge in [0.15, 0.2) is 0 Å². The molecule has 1 aromatic heterocycles. The van der Waals surface area contributed by atoms with Crippen molar-refractivity contribution in [1.29, 1.82) is 0 Å². The minimum Gasteiger partial charge on any atom is -0.321 e. The van der Waals surface area contributed by atoms with Gasteiger partial charge in [-0.05, 0) is 42.1 Å². The average Bonchev–Trinajstić information content (AvgIpc) is 2.82. The summed E-state index contributed by atoms with van der Waals surface area (Å²) in [6.45, 7) is 1.61. The zero-order chi connectivity index (χ0) is 17.4. The maximum Gasteiger partial charge on any atom is 0.416 e.